The molecule has 0 spiro atoms. The van der Waals surface area contributed by atoms with Crippen LogP contribution in [-0.4, -0.2) is 30.2 Å². The molecular weight excluding hydrogens is 598 g/mol. The van der Waals surface area contributed by atoms with Crippen LogP contribution in [-0.2, 0) is 20.9 Å². The standard InChI is InChI=1S/C34H30ClN3O5S/c1-4-10-24-28(33(41)43-5-2)29(23-12-7-9-14-26(23)42-3)38-32(40)30(44-34(38)36-24)27-22-11-6-8-13-25(22)37(31(27)39)19-20-15-17-21(35)18-16-20/h6-9,11-18,29H,4-5,10,19H2,1-3H3/b30-27+/t29-/m0/s1. The van der Waals surface area contributed by atoms with Crippen LogP contribution < -0.4 is 24.5 Å². The molecule has 0 bridgehead atoms. The van der Waals surface area contributed by atoms with E-state index in [1.54, 1.807) is 37.1 Å². The monoisotopic (exact) mass is 627 g/mol. The third-order valence-corrected chi connectivity index (χ3v) is 9.01. The highest BCUT2D eigenvalue weighted by atomic mass is 35.5. The molecule has 3 heterocycles. The average molecular weight is 628 g/mol. The van der Waals surface area contributed by atoms with Crippen molar-refractivity contribution in [1.82, 2.24) is 4.57 Å². The van der Waals surface area contributed by atoms with Crippen LogP contribution in [0.15, 0.2) is 93.9 Å². The number of amides is 1. The Kier molecular flexibility index (Phi) is 8.25. The van der Waals surface area contributed by atoms with Crippen molar-refractivity contribution in [3.8, 4) is 5.75 Å². The second kappa shape index (κ2) is 12.3. The third kappa shape index (κ3) is 5.06. The van der Waals surface area contributed by atoms with Crippen LogP contribution in [0.1, 0.15) is 49.4 Å². The van der Waals surface area contributed by atoms with Gasteiger partial charge in [-0.1, -0.05) is 84.8 Å². The van der Waals surface area contributed by atoms with Crippen LogP contribution in [0.25, 0.3) is 5.57 Å². The molecule has 1 aromatic heterocycles. The molecule has 2 aliphatic heterocycles. The van der Waals surface area contributed by atoms with Gasteiger partial charge in [-0.15, -0.1) is 0 Å². The van der Waals surface area contributed by atoms with E-state index >= 15 is 0 Å². The van der Waals surface area contributed by atoms with Gasteiger partial charge in [0.15, 0.2) is 4.80 Å². The zero-order chi connectivity index (χ0) is 31.0. The fourth-order valence-corrected chi connectivity index (χ4v) is 7.02. The fourth-order valence-electron chi connectivity index (χ4n) is 5.79. The van der Waals surface area contributed by atoms with E-state index in [9.17, 15) is 14.4 Å². The summed E-state index contributed by atoms with van der Waals surface area (Å²) in [6.07, 6.45) is 1.24. The molecule has 3 aromatic carbocycles. The molecule has 0 unspecified atom stereocenters. The van der Waals surface area contributed by atoms with Crippen molar-refractivity contribution < 1.29 is 19.1 Å². The molecule has 4 aromatic rings. The number of carbonyl (C=O) groups is 2. The Morgan fingerprint density at radius 3 is 2.45 bits per heavy atom. The van der Waals surface area contributed by atoms with Gasteiger partial charge in [-0.05, 0) is 43.2 Å². The summed E-state index contributed by atoms with van der Waals surface area (Å²) in [6.45, 7) is 4.23. The molecule has 1 amide bonds. The first-order valence-electron chi connectivity index (χ1n) is 14.4. The van der Waals surface area contributed by atoms with E-state index < -0.39 is 17.6 Å². The number of allylic oxidation sites excluding steroid dienone is 1. The largest absolute Gasteiger partial charge is 0.496 e. The number of hydrogen-bond acceptors (Lipinski definition) is 7. The van der Waals surface area contributed by atoms with E-state index in [1.165, 1.54) is 4.57 Å². The van der Waals surface area contributed by atoms with E-state index in [2.05, 4.69) is 0 Å². The number of benzene rings is 3. The lowest BCUT2D eigenvalue weighted by molar-refractivity contribution is -0.139. The molecule has 0 N–H and O–H groups in total. The smallest absolute Gasteiger partial charge is 0.338 e. The highest BCUT2D eigenvalue weighted by molar-refractivity contribution is 7.07. The number of esters is 1. The normalized spacial score (nSPS) is 16.9. The summed E-state index contributed by atoms with van der Waals surface area (Å²) < 4.78 is 13.0. The van der Waals surface area contributed by atoms with E-state index in [0.717, 1.165) is 23.3 Å². The molecular formula is C34H30ClN3O5S. The predicted octanol–water partition coefficient (Wildman–Crippen LogP) is 5.16. The highest BCUT2D eigenvalue weighted by Gasteiger charge is 2.38. The Balaban J connectivity index is 1.61. The second-order valence-electron chi connectivity index (χ2n) is 10.4. The number of nitrogens with zero attached hydrogens (tertiary/aromatic N) is 3. The summed E-state index contributed by atoms with van der Waals surface area (Å²) in [5.41, 5.74) is 3.68. The number of hydrogen-bond donors (Lipinski definition) is 0. The van der Waals surface area contributed by atoms with E-state index in [0.29, 0.717) is 62.2 Å². The van der Waals surface area contributed by atoms with E-state index in [4.69, 9.17) is 26.1 Å². The predicted molar refractivity (Wildman–Crippen MR) is 171 cm³/mol. The molecule has 0 saturated carbocycles. The molecule has 8 nitrogen and oxygen atoms in total. The number of para-hydroxylation sites is 2. The van der Waals surface area contributed by atoms with Gasteiger partial charge in [0, 0.05) is 16.1 Å². The minimum Gasteiger partial charge on any atom is -0.496 e. The summed E-state index contributed by atoms with van der Waals surface area (Å²) in [5, 5.41) is 0.609. The van der Waals surface area contributed by atoms with Crippen LogP contribution in [0.3, 0.4) is 0 Å². The molecule has 0 aliphatic carbocycles. The zero-order valence-electron chi connectivity index (χ0n) is 24.5. The van der Waals surface area contributed by atoms with E-state index in [1.807, 2.05) is 61.5 Å². The van der Waals surface area contributed by atoms with Crippen molar-refractivity contribution in [1.29, 1.82) is 0 Å². The Morgan fingerprint density at radius 2 is 1.73 bits per heavy atom. The van der Waals surface area contributed by atoms with Crippen LogP contribution in [0, 0.1) is 0 Å². The number of carbonyl (C=O) groups excluding carboxylic acids is 2. The molecule has 2 aliphatic rings. The minimum absolute atomic E-state index is 0.170. The van der Waals surface area contributed by atoms with Gasteiger partial charge in [-0.25, -0.2) is 9.79 Å². The number of ether oxygens (including phenoxy) is 2. The third-order valence-electron chi connectivity index (χ3n) is 7.71. The molecule has 224 valence electrons. The molecule has 10 heteroatoms. The van der Waals surface area contributed by atoms with Gasteiger partial charge in [0.25, 0.3) is 11.5 Å². The summed E-state index contributed by atoms with van der Waals surface area (Å²) in [4.78, 5) is 49.2. The molecule has 1 atom stereocenters. The number of thiazole rings is 1. The van der Waals surface area contributed by atoms with Crippen molar-refractivity contribution in [2.75, 3.05) is 18.6 Å². The maximum Gasteiger partial charge on any atom is 0.338 e. The first-order chi connectivity index (χ1) is 21.4. The highest BCUT2D eigenvalue weighted by Crippen LogP contribution is 2.38. The number of fused-ring (bicyclic) bond motifs is 2. The van der Waals surface area contributed by atoms with Gasteiger partial charge in [0.05, 0.1) is 42.8 Å². The quantitative estimate of drug-likeness (QED) is 0.252. The van der Waals surface area contributed by atoms with Gasteiger partial charge in [0.1, 0.15) is 16.3 Å². The summed E-state index contributed by atoms with van der Waals surface area (Å²) in [6, 6.07) is 21.2. The summed E-state index contributed by atoms with van der Waals surface area (Å²) >= 11 is 7.25. The van der Waals surface area contributed by atoms with Crippen molar-refractivity contribution in [3.63, 3.8) is 0 Å². The Bertz CT molecular complexity index is 1990. The van der Waals surface area contributed by atoms with E-state index in [-0.39, 0.29) is 17.0 Å². The molecule has 6 rings (SSSR count). The fraction of sp³-hybridized carbons (Fsp3) is 0.235. The first-order valence-corrected chi connectivity index (χ1v) is 15.6. The maximum atomic E-state index is 14.5. The number of aromatic nitrogens is 1. The lowest BCUT2D eigenvalue weighted by Gasteiger charge is -2.26. The van der Waals surface area contributed by atoms with Gasteiger partial charge in [0.2, 0.25) is 0 Å². The molecule has 0 fully saturated rings. The number of methoxy groups -OCH3 is 1. The van der Waals surface area contributed by atoms with Crippen molar-refractivity contribution in [2.24, 2.45) is 4.99 Å². The second-order valence-corrected chi connectivity index (χ2v) is 11.8. The Morgan fingerprint density at radius 1 is 1.00 bits per heavy atom. The van der Waals surface area contributed by atoms with Crippen LogP contribution >= 0.6 is 22.9 Å². The topological polar surface area (TPSA) is 90.2 Å². The SMILES string of the molecule is CCCC1=C(C(=O)OCC)[C@H](c2ccccc2OC)n2c(s/c(=C3/C(=O)N(Cc4ccc(Cl)cc4)c4ccccc43)c2=O)=N1. The number of anilines is 1. The van der Waals surface area contributed by atoms with Crippen LogP contribution in [0.4, 0.5) is 5.69 Å². The minimum atomic E-state index is -0.853. The molecule has 0 saturated heterocycles. The van der Waals surface area contributed by atoms with Gasteiger partial charge in [-0.2, -0.15) is 0 Å². The molecule has 0 radical (unpaired) electrons. The first kappa shape index (κ1) is 29.6. The number of rotatable bonds is 8. The van der Waals surface area contributed by atoms with Crippen LogP contribution in [0.2, 0.25) is 5.02 Å². The molecule has 44 heavy (non-hydrogen) atoms. The number of halogens is 1. The maximum absolute atomic E-state index is 14.5. The lowest BCUT2D eigenvalue weighted by Crippen LogP contribution is -2.41. The van der Waals surface area contributed by atoms with Crippen molar-refractivity contribution in [2.45, 2.75) is 39.3 Å². The van der Waals surface area contributed by atoms with Gasteiger partial charge in [-0.3, -0.25) is 14.2 Å². The van der Waals surface area contributed by atoms with Crippen molar-refractivity contribution in [3.05, 3.63) is 125 Å². The summed E-state index contributed by atoms with van der Waals surface area (Å²) in [5.74, 6) is -0.296. The lowest BCUT2D eigenvalue weighted by atomic mass is 9.93. The van der Waals surface area contributed by atoms with Gasteiger partial charge >= 0.3 is 5.97 Å². The Hall–Kier alpha value is -4.47. The zero-order valence-corrected chi connectivity index (χ0v) is 26.1. The summed E-state index contributed by atoms with van der Waals surface area (Å²) in [7, 11) is 1.55. The van der Waals surface area contributed by atoms with Gasteiger partial charge < -0.3 is 14.4 Å². The average Bonchev–Trinajstić information content (AvgIpc) is 3.49. The van der Waals surface area contributed by atoms with Crippen LogP contribution in [0.5, 0.6) is 5.75 Å². The van der Waals surface area contributed by atoms with Crippen molar-refractivity contribution >= 4 is 46.1 Å². The Labute approximate surface area is 263 Å².